The van der Waals surface area contributed by atoms with Gasteiger partial charge in [-0.2, -0.15) is 0 Å². The van der Waals surface area contributed by atoms with Gasteiger partial charge < -0.3 is 4.74 Å². The Morgan fingerprint density at radius 2 is 1.83 bits per heavy atom. The molecule has 1 aliphatic rings. The molecule has 0 spiro atoms. The minimum atomic E-state index is -0.277. The summed E-state index contributed by atoms with van der Waals surface area (Å²) in [4.78, 5) is 12.4. The van der Waals surface area contributed by atoms with E-state index >= 15 is 0 Å². The molecule has 0 fully saturated rings. The largest absolute Gasteiger partial charge is 0.454 e. The second-order valence-electron chi connectivity index (χ2n) is 6.92. The predicted octanol–water partition coefficient (Wildman–Crippen LogP) is 5.73. The molecule has 1 unspecified atom stereocenters. The van der Waals surface area contributed by atoms with Crippen molar-refractivity contribution in [3.05, 3.63) is 72.4 Å². The first kappa shape index (κ1) is 18.3. The quantitative estimate of drug-likeness (QED) is 0.524. The molecule has 2 rings (SSSR count). The molecular formula is C22H28O2. The fourth-order valence-electron chi connectivity index (χ4n) is 2.94. The van der Waals surface area contributed by atoms with Gasteiger partial charge in [0.25, 0.3) is 0 Å². The van der Waals surface area contributed by atoms with Gasteiger partial charge in [0.2, 0.25) is 0 Å². The number of hydrogen-bond donors (Lipinski definition) is 0. The zero-order valence-corrected chi connectivity index (χ0v) is 14.8. The normalized spacial score (nSPS) is 23.8. The van der Waals surface area contributed by atoms with Crippen molar-refractivity contribution in [3.63, 3.8) is 0 Å². The van der Waals surface area contributed by atoms with Gasteiger partial charge in [0.1, 0.15) is 6.10 Å². The van der Waals surface area contributed by atoms with Crippen LogP contribution < -0.4 is 0 Å². The highest BCUT2D eigenvalue weighted by Gasteiger charge is 2.21. The molecule has 0 N–H and O–H groups in total. The summed E-state index contributed by atoms with van der Waals surface area (Å²) in [5.41, 5.74) is 2.67. The van der Waals surface area contributed by atoms with Crippen LogP contribution in [0, 0.1) is 11.8 Å². The lowest BCUT2D eigenvalue weighted by Gasteiger charge is -2.24. The summed E-state index contributed by atoms with van der Waals surface area (Å²) in [6.07, 6.45) is 7.63. The maximum Gasteiger partial charge on any atom is 0.338 e. The Hall–Kier alpha value is -2.09. The van der Waals surface area contributed by atoms with Crippen molar-refractivity contribution in [2.45, 2.75) is 45.6 Å². The van der Waals surface area contributed by atoms with Crippen LogP contribution in [0.5, 0.6) is 0 Å². The molecule has 0 heterocycles. The van der Waals surface area contributed by atoms with Gasteiger partial charge in [-0.15, -0.1) is 0 Å². The fourth-order valence-corrected chi connectivity index (χ4v) is 2.94. The highest BCUT2D eigenvalue weighted by atomic mass is 16.5. The SMILES string of the molecule is C=C1/C=C/[C@H](C(C)C)CCC(=C)C(OC(=O)c2ccccc2)CC1. The molecule has 0 aromatic heterocycles. The summed E-state index contributed by atoms with van der Waals surface area (Å²) < 4.78 is 5.76. The fraction of sp³-hybridized carbons (Fsp3) is 0.409. The number of esters is 1. The second-order valence-corrected chi connectivity index (χ2v) is 6.92. The first-order valence-corrected chi connectivity index (χ1v) is 8.77. The molecule has 24 heavy (non-hydrogen) atoms. The van der Waals surface area contributed by atoms with Crippen LogP contribution in [0.4, 0.5) is 0 Å². The van der Waals surface area contributed by atoms with E-state index in [0.717, 1.165) is 36.8 Å². The summed E-state index contributed by atoms with van der Waals surface area (Å²) in [7, 11) is 0. The number of rotatable bonds is 3. The molecule has 128 valence electrons. The van der Waals surface area contributed by atoms with E-state index in [1.165, 1.54) is 0 Å². The lowest BCUT2D eigenvalue weighted by Crippen LogP contribution is -2.21. The topological polar surface area (TPSA) is 26.3 Å². The average molecular weight is 324 g/mol. The highest BCUT2D eigenvalue weighted by molar-refractivity contribution is 5.89. The standard InChI is InChI=1S/C22H28O2/c1-16(2)19-13-10-17(3)11-15-21(18(4)12-14-19)24-22(23)20-8-6-5-7-9-20/h5-10,13,16,19,21H,3-4,11-12,14-15H2,1-2H3/b13-10+/t19-,21?/m0/s1. The zero-order chi connectivity index (χ0) is 17.5. The van der Waals surface area contributed by atoms with Crippen LogP contribution in [0.3, 0.4) is 0 Å². The minimum absolute atomic E-state index is 0.242. The second kappa shape index (κ2) is 8.68. The molecule has 2 atom stereocenters. The van der Waals surface area contributed by atoms with Crippen LogP contribution in [-0.2, 0) is 4.74 Å². The summed E-state index contributed by atoms with van der Waals surface area (Å²) in [5.74, 6) is 0.800. The molecule has 0 amide bonds. The van der Waals surface area contributed by atoms with Gasteiger partial charge >= 0.3 is 5.97 Å². The van der Waals surface area contributed by atoms with Gasteiger partial charge in [-0.3, -0.25) is 0 Å². The molecule has 2 nitrogen and oxygen atoms in total. The number of hydrogen-bond acceptors (Lipinski definition) is 2. The van der Waals surface area contributed by atoms with E-state index in [2.05, 4.69) is 39.2 Å². The number of ether oxygens (including phenoxy) is 1. The average Bonchev–Trinajstić information content (AvgIpc) is 2.58. The van der Waals surface area contributed by atoms with Crippen LogP contribution in [-0.4, -0.2) is 12.1 Å². The summed E-state index contributed by atoms with van der Waals surface area (Å²) in [5, 5.41) is 0. The van der Waals surface area contributed by atoms with Crippen LogP contribution in [0.2, 0.25) is 0 Å². The molecule has 1 aromatic rings. The van der Waals surface area contributed by atoms with Crippen molar-refractivity contribution in [2.24, 2.45) is 11.8 Å². The van der Waals surface area contributed by atoms with Crippen molar-refractivity contribution in [1.29, 1.82) is 0 Å². The number of benzene rings is 1. The molecule has 0 saturated heterocycles. The van der Waals surface area contributed by atoms with Gasteiger partial charge in [-0.05, 0) is 55.2 Å². The lowest BCUT2D eigenvalue weighted by atomic mass is 9.86. The Morgan fingerprint density at radius 3 is 2.50 bits per heavy atom. The van der Waals surface area contributed by atoms with Crippen LogP contribution in [0.1, 0.15) is 49.9 Å². The van der Waals surface area contributed by atoms with Crippen molar-refractivity contribution < 1.29 is 9.53 Å². The Bertz CT molecular complexity index is 610. The first-order valence-electron chi connectivity index (χ1n) is 8.77. The zero-order valence-electron chi connectivity index (χ0n) is 14.8. The van der Waals surface area contributed by atoms with E-state index in [4.69, 9.17) is 4.74 Å². The maximum absolute atomic E-state index is 12.4. The molecule has 0 saturated carbocycles. The van der Waals surface area contributed by atoms with Crippen molar-refractivity contribution in [1.82, 2.24) is 0 Å². The molecule has 1 aliphatic carbocycles. The Morgan fingerprint density at radius 1 is 1.12 bits per heavy atom. The Balaban J connectivity index is 2.09. The third kappa shape index (κ3) is 5.23. The van der Waals surface area contributed by atoms with Crippen LogP contribution >= 0.6 is 0 Å². The van der Waals surface area contributed by atoms with E-state index in [-0.39, 0.29) is 12.1 Å². The summed E-state index contributed by atoms with van der Waals surface area (Å²) in [6.45, 7) is 12.8. The van der Waals surface area contributed by atoms with Gasteiger partial charge in [0.05, 0.1) is 5.56 Å². The maximum atomic E-state index is 12.4. The van der Waals surface area contributed by atoms with Crippen LogP contribution in [0.25, 0.3) is 0 Å². The first-order chi connectivity index (χ1) is 11.5. The third-order valence-corrected chi connectivity index (χ3v) is 4.68. The van der Waals surface area contributed by atoms with Gasteiger partial charge in [-0.25, -0.2) is 4.79 Å². The minimum Gasteiger partial charge on any atom is -0.454 e. The summed E-state index contributed by atoms with van der Waals surface area (Å²) in [6, 6.07) is 9.14. The van der Waals surface area contributed by atoms with Crippen molar-refractivity contribution in [2.75, 3.05) is 0 Å². The van der Waals surface area contributed by atoms with Gasteiger partial charge in [0, 0.05) is 0 Å². The number of allylic oxidation sites excluding steroid dienone is 3. The molecule has 0 radical (unpaired) electrons. The Labute approximate surface area is 145 Å². The van der Waals surface area contributed by atoms with Gasteiger partial charge in [0.15, 0.2) is 0 Å². The highest BCUT2D eigenvalue weighted by Crippen LogP contribution is 2.28. The summed E-state index contributed by atoms with van der Waals surface area (Å²) >= 11 is 0. The molecule has 0 aliphatic heterocycles. The monoisotopic (exact) mass is 324 g/mol. The van der Waals surface area contributed by atoms with Crippen molar-refractivity contribution in [3.8, 4) is 0 Å². The molecule has 2 heteroatoms. The lowest BCUT2D eigenvalue weighted by molar-refractivity contribution is 0.0352. The van der Waals surface area contributed by atoms with Gasteiger partial charge in [-0.1, -0.05) is 62.9 Å². The number of carbonyl (C=O) groups is 1. The Kier molecular flexibility index (Phi) is 6.60. The third-order valence-electron chi connectivity index (χ3n) is 4.68. The molecule has 0 bridgehead atoms. The van der Waals surface area contributed by atoms with Crippen molar-refractivity contribution >= 4 is 5.97 Å². The molecule has 1 aromatic carbocycles. The van der Waals surface area contributed by atoms with Crippen LogP contribution in [0.15, 0.2) is 66.8 Å². The number of carbonyl (C=O) groups excluding carboxylic acids is 1. The van der Waals surface area contributed by atoms with E-state index in [9.17, 15) is 4.79 Å². The van der Waals surface area contributed by atoms with E-state index in [0.29, 0.717) is 17.4 Å². The van der Waals surface area contributed by atoms with E-state index in [1.54, 1.807) is 12.1 Å². The predicted molar refractivity (Wildman–Crippen MR) is 99.9 cm³/mol. The van der Waals surface area contributed by atoms with E-state index in [1.807, 2.05) is 18.2 Å². The van der Waals surface area contributed by atoms with E-state index < -0.39 is 0 Å². The smallest absolute Gasteiger partial charge is 0.338 e. The molecular weight excluding hydrogens is 296 g/mol.